The molecule has 0 saturated heterocycles. The first-order valence-corrected chi connectivity index (χ1v) is 8.39. The average Bonchev–Trinajstić information content (AvgIpc) is 2.54. The van der Waals surface area contributed by atoms with Crippen LogP contribution in [-0.2, 0) is 19.8 Å². The number of aromatic nitrogens is 1. The standard InChI is InChI=1S/C22H32N/c1-15(2)10-19-13-22(21-9-8-17(5)12-18(21)6)23(7)14-20(19)11-16(3)4/h8-9,12-16H,10-11H2,1-7H3/q+1/i5D3,11D2. The number of hydrogen-bond donors (Lipinski definition) is 0. The number of benzene rings is 1. The molecule has 0 aliphatic rings. The average molecular weight is 316 g/mol. The van der Waals surface area contributed by atoms with Crippen LogP contribution in [0.1, 0.15) is 56.8 Å². The lowest BCUT2D eigenvalue weighted by atomic mass is 9.92. The molecule has 1 nitrogen and oxygen atoms in total. The van der Waals surface area contributed by atoms with Crippen molar-refractivity contribution < 1.29 is 11.4 Å². The monoisotopic (exact) mass is 315 g/mol. The molecule has 0 saturated carbocycles. The fourth-order valence-corrected chi connectivity index (χ4v) is 2.96. The van der Waals surface area contributed by atoms with Gasteiger partial charge in [0.05, 0.1) is 0 Å². The number of pyridine rings is 1. The number of hydrogen-bond acceptors (Lipinski definition) is 0. The van der Waals surface area contributed by atoms with E-state index in [2.05, 4.69) is 19.9 Å². The Morgan fingerprint density at radius 1 is 1.09 bits per heavy atom. The van der Waals surface area contributed by atoms with Gasteiger partial charge in [-0.15, -0.1) is 0 Å². The van der Waals surface area contributed by atoms with E-state index in [4.69, 9.17) is 6.85 Å². The number of aryl methyl sites for hydroxylation is 3. The molecule has 0 spiro atoms. The van der Waals surface area contributed by atoms with Gasteiger partial charge in [-0.25, -0.2) is 4.57 Å². The van der Waals surface area contributed by atoms with Gasteiger partial charge in [0.15, 0.2) is 6.20 Å². The van der Waals surface area contributed by atoms with Crippen molar-refractivity contribution in [2.75, 3.05) is 0 Å². The van der Waals surface area contributed by atoms with Crippen molar-refractivity contribution in [3.63, 3.8) is 0 Å². The Morgan fingerprint density at radius 2 is 1.83 bits per heavy atom. The predicted molar refractivity (Wildman–Crippen MR) is 99.6 cm³/mol. The van der Waals surface area contributed by atoms with Gasteiger partial charge >= 0.3 is 0 Å². The van der Waals surface area contributed by atoms with Crippen LogP contribution in [-0.4, -0.2) is 0 Å². The smallest absolute Gasteiger partial charge is 0.201 e. The zero-order valence-electron chi connectivity index (χ0n) is 20.2. The van der Waals surface area contributed by atoms with Gasteiger partial charge < -0.3 is 0 Å². The maximum Gasteiger partial charge on any atom is 0.212 e. The van der Waals surface area contributed by atoms with E-state index in [0.29, 0.717) is 11.5 Å². The van der Waals surface area contributed by atoms with Gasteiger partial charge in [-0.05, 0) is 55.6 Å². The molecular weight excluding hydrogens is 278 g/mol. The summed E-state index contributed by atoms with van der Waals surface area (Å²) >= 11 is 0. The van der Waals surface area contributed by atoms with Gasteiger partial charge in [-0.2, -0.15) is 0 Å². The fraction of sp³-hybridized carbons (Fsp3) is 0.500. The van der Waals surface area contributed by atoms with Crippen LogP contribution in [0.2, 0.25) is 0 Å². The Kier molecular flexibility index (Phi) is 3.75. The molecular formula is C22H32N+. The van der Waals surface area contributed by atoms with Gasteiger partial charge in [-0.3, -0.25) is 0 Å². The molecule has 124 valence electrons. The topological polar surface area (TPSA) is 3.88 Å². The van der Waals surface area contributed by atoms with E-state index in [-0.39, 0.29) is 5.92 Å². The van der Waals surface area contributed by atoms with Crippen molar-refractivity contribution in [3.8, 4) is 11.3 Å². The highest BCUT2D eigenvalue weighted by Gasteiger charge is 2.18. The van der Waals surface area contributed by atoms with Crippen molar-refractivity contribution in [1.29, 1.82) is 0 Å². The van der Waals surface area contributed by atoms with Gasteiger partial charge in [0.1, 0.15) is 7.05 Å². The van der Waals surface area contributed by atoms with Crippen LogP contribution in [0.15, 0.2) is 30.5 Å². The van der Waals surface area contributed by atoms with Crippen molar-refractivity contribution in [1.82, 2.24) is 0 Å². The molecule has 0 N–H and O–H groups in total. The highest BCUT2D eigenvalue weighted by Crippen LogP contribution is 2.25. The van der Waals surface area contributed by atoms with Gasteiger partial charge in [0.25, 0.3) is 0 Å². The lowest BCUT2D eigenvalue weighted by molar-refractivity contribution is -0.660. The summed E-state index contributed by atoms with van der Waals surface area (Å²) in [4.78, 5) is 0. The first-order chi connectivity index (χ1) is 12.7. The van der Waals surface area contributed by atoms with Crippen LogP contribution in [0.4, 0.5) is 0 Å². The maximum absolute atomic E-state index is 8.61. The van der Waals surface area contributed by atoms with E-state index >= 15 is 0 Å². The lowest BCUT2D eigenvalue weighted by Crippen LogP contribution is -2.32. The summed E-state index contributed by atoms with van der Waals surface area (Å²) in [6.45, 7) is 7.89. The molecule has 1 aromatic carbocycles. The minimum absolute atomic E-state index is 0.135. The summed E-state index contributed by atoms with van der Waals surface area (Å²) in [6, 6.07) is 7.33. The maximum atomic E-state index is 8.61. The van der Waals surface area contributed by atoms with E-state index in [9.17, 15) is 0 Å². The Bertz CT molecular complexity index is 851. The number of rotatable bonds is 5. The van der Waals surface area contributed by atoms with E-state index in [1.54, 1.807) is 12.1 Å². The molecule has 2 aromatic rings. The van der Waals surface area contributed by atoms with Crippen LogP contribution < -0.4 is 4.57 Å². The molecule has 0 bridgehead atoms. The Balaban J connectivity index is 2.67. The third kappa shape index (κ3) is 4.43. The molecule has 1 heteroatoms. The second kappa shape index (κ2) is 7.29. The molecule has 0 fully saturated rings. The predicted octanol–water partition coefficient (Wildman–Crippen LogP) is 5.19. The van der Waals surface area contributed by atoms with E-state index in [1.165, 1.54) is 0 Å². The highest BCUT2D eigenvalue weighted by atomic mass is 14.9. The second-order valence-electron chi connectivity index (χ2n) is 7.14. The van der Waals surface area contributed by atoms with Crippen molar-refractivity contribution >= 4 is 0 Å². The van der Waals surface area contributed by atoms with E-state index < -0.39 is 13.2 Å². The Morgan fingerprint density at radius 3 is 2.39 bits per heavy atom. The number of nitrogens with zero attached hydrogens (tertiary/aromatic N) is 1. The summed E-state index contributed by atoms with van der Waals surface area (Å²) in [7, 11) is 1.92. The summed E-state index contributed by atoms with van der Waals surface area (Å²) < 4.78 is 42.0. The van der Waals surface area contributed by atoms with Gasteiger partial charge in [-0.1, -0.05) is 45.4 Å². The molecule has 0 atom stereocenters. The minimum atomic E-state index is -2.12. The minimum Gasteiger partial charge on any atom is -0.201 e. The molecule has 0 aliphatic carbocycles. The Labute approximate surface area is 149 Å². The summed E-state index contributed by atoms with van der Waals surface area (Å²) in [5.74, 6) is 0.269. The van der Waals surface area contributed by atoms with E-state index in [0.717, 1.165) is 34.4 Å². The normalized spacial score (nSPS) is 15.9. The highest BCUT2D eigenvalue weighted by molar-refractivity contribution is 5.62. The second-order valence-corrected chi connectivity index (χ2v) is 7.14. The van der Waals surface area contributed by atoms with Crippen LogP contribution in [0, 0.1) is 25.6 Å². The van der Waals surface area contributed by atoms with Gasteiger partial charge in [0, 0.05) is 24.0 Å². The van der Waals surface area contributed by atoms with E-state index in [1.807, 2.05) is 44.6 Å². The molecule has 0 radical (unpaired) electrons. The van der Waals surface area contributed by atoms with Crippen LogP contribution in [0.25, 0.3) is 11.3 Å². The molecule has 0 unspecified atom stereocenters. The zero-order chi connectivity index (χ0) is 21.4. The molecule has 1 heterocycles. The fourth-order valence-electron chi connectivity index (χ4n) is 2.96. The van der Waals surface area contributed by atoms with Crippen molar-refractivity contribution in [3.05, 3.63) is 52.7 Å². The molecule has 1 aromatic heterocycles. The first-order valence-electron chi connectivity index (χ1n) is 10.9. The quantitative estimate of drug-likeness (QED) is 0.668. The first kappa shape index (κ1) is 11.8. The summed E-state index contributed by atoms with van der Waals surface area (Å²) in [6.07, 6.45) is 1.28. The molecule has 23 heavy (non-hydrogen) atoms. The lowest BCUT2D eigenvalue weighted by Gasteiger charge is -2.15. The van der Waals surface area contributed by atoms with Crippen molar-refractivity contribution in [2.24, 2.45) is 18.9 Å². The molecule has 2 rings (SSSR count). The van der Waals surface area contributed by atoms with Crippen LogP contribution >= 0.6 is 0 Å². The molecule has 0 amide bonds. The third-order valence-electron chi connectivity index (χ3n) is 3.93. The van der Waals surface area contributed by atoms with Crippen molar-refractivity contribution in [2.45, 2.75) is 54.3 Å². The largest absolute Gasteiger partial charge is 0.212 e. The summed E-state index contributed by atoms with van der Waals surface area (Å²) in [5, 5.41) is 0. The SMILES string of the molecule is [2H]C([2H])([2H])c1ccc(-c2cc(CC(C)C)c(C([2H])([2H])C(C)C)c[n+]2C)c(C)c1. The van der Waals surface area contributed by atoms with Crippen LogP contribution in [0.3, 0.4) is 0 Å². The Hall–Kier alpha value is -1.63. The zero-order valence-corrected chi connectivity index (χ0v) is 15.2. The van der Waals surface area contributed by atoms with Gasteiger partial charge in [0.2, 0.25) is 5.69 Å². The van der Waals surface area contributed by atoms with Crippen LogP contribution in [0.5, 0.6) is 0 Å². The molecule has 0 aliphatic heterocycles. The summed E-state index contributed by atoms with van der Waals surface area (Å²) in [5.41, 5.74) is 4.93. The third-order valence-corrected chi connectivity index (χ3v) is 3.93.